The smallest absolute Gasteiger partial charge is 0.331 e. The first kappa shape index (κ1) is 27.6. The van der Waals surface area contributed by atoms with Gasteiger partial charge in [0.05, 0.1) is 25.7 Å². The molecular weight excluding hydrogens is 476 g/mol. The Morgan fingerprint density at radius 2 is 1.70 bits per heavy atom. The lowest BCUT2D eigenvalue weighted by Gasteiger charge is -2.24. The molecule has 0 spiro atoms. The maximum Gasteiger partial charge on any atom is 0.331 e. The van der Waals surface area contributed by atoms with Gasteiger partial charge in [-0.2, -0.15) is 0 Å². The van der Waals surface area contributed by atoms with Crippen molar-refractivity contribution in [3.63, 3.8) is 0 Å². The first-order valence-corrected chi connectivity index (χ1v) is 12.1. The first-order chi connectivity index (χ1) is 17.9. The second-order valence-corrected chi connectivity index (χ2v) is 8.75. The van der Waals surface area contributed by atoms with E-state index in [1.54, 1.807) is 36.4 Å². The summed E-state index contributed by atoms with van der Waals surface area (Å²) in [6.45, 7) is -0.786. The number of rotatable bonds is 7. The number of benzene rings is 2. The Balaban J connectivity index is 1.82. The zero-order valence-corrected chi connectivity index (χ0v) is 20.7. The highest BCUT2D eigenvalue weighted by Gasteiger charge is 2.33. The molecule has 3 N–H and O–H groups in total. The average Bonchev–Trinajstić information content (AvgIpc) is 2.92. The number of amides is 2. The summed E-state index contributed by atoms with van der Waals surface area (Å²) in [4.78, 5) is 51.4. The summed E-state index contributed by atoms with van der Waals surface area (Å²) in [6, 6.07) is 16.4. The minimum Gasteiger partial charge on any atom is -0.467 e. The van der Waals surface area contributed by atoms with E-state index < -0.39 is 54.3 Å². The molecule has 0 saturated carbocycles. The Hall–Kier alpha value is -3.98. The van der Waals surface area contributed by atoms with Crippen LogP contribution in [0.2, 0.25) is 0 Å². The molecule has 0 fully saturated rings. The number of aliphatic hydroxyl groups is 1. The van der Waals surface area contributed by atoms with Gasteiger partial charge in [-0.1, -0.05) is 72.8 Å². The quantitative estimate of drug-likeness (QED) is 0.296. The van der Waals surface area contributed by atoms with Gasteiger partial charge < -0.3 is 25.2 Å². The number of methoxy groups -OCH3 is 1. The highest BCUT2D eigenvalue weighted by Crippen LogP contribution is 2.18. The van der Waals surface area contributed by atoms with Crippen molar-refractivity contribution in [2.45, 2.75) is 31.3 Å². The predicted octanol–water partition coefficient (Wildman–Crippen LogP) is 1.86. The molecule has 0 saturated heterocycles. The van der Waals surface area contributed by atoms with Crippen LogP contribution in [-0.4, -0.2) is 55.2 Å². The Morgan fingerprint density at radius 1 is 1.05 bits per heavy atom. The molecule has 0 aromatic heterocycles. The topological polar surface area (TPSA) is 131 Å². The number of carbonyl (C=O) groups is 4. The highest BCUT2D eigenvalue weighted by molar-refractivity contribution is 6.01. The number of nitrogens with one attached hydrogen (secondary N) is 2. The summed E-state index contributed by atoms with van der Waals surface area (Å²) in [5.74, 6) is -4.34. The average molecular weight is 509 g/mol. The van der Waals surface area contributed by atoms with E-state index >= 15 is 0 Å². The number of allylic oxidation sites excluding steroid dienone is 2. The van der Waals surface area contributed by atoms with Gasteiger partial charge in [0, 0.05) is 0 Å². The fraction of sp³-hybridized carbons (Fsp3) is 0.357. The number of cyclic esters (lactones) is 1. The molecule has 1 aliphatic rings. The van der Waals surface area contributed by atoms with Crippen LogP contribution in [0.1, 0.15) is 30.0 Å². The Kier molecular flexibility index (Phi) is 10.4. The Labute approximate surface area is 215 Å². The number of ether oxygens (including phenoxy) is 2. The van der Waals surface area contributed by atoms with Gasteiger partial charge in [0.15, 0.2) is 6.04 Å². The normalized spacial score (nSPS) is 21.4. The van der Waals surface area contributed by atoms with Crippen molar-refractivity contribution in [1.82, 2.24) is 10.6 Å². The van der Waals surface area contributed by atoms with Gasteiger partial charge in [0.2, 0.25) is 11.8 Å². The molecule has 2 amide bonds. The van der Waals surface area contributed by atoms with Crippen LogP contribution in [0.5, 0.6) is 0 Å². The zero-order valence-electron chi connectivity index (χ0n) is 20.7. The van der Waals surface area contributed by atoms with Crippen molar-refractivity contribution >= 4 is 23.8 Å². The van der Waals surface area contributed by atoms with Crippen LogP contribution in [0, 0.1) is 11.8 Å². The predicted molar refractivity (Wildman–Crippen MR) is 135 cm³/mol. The Morgan fingerprint density at radius 3 is 2.35 bits per heavy atom. The van der Waals surface area contributed by atoms with Crippen LogP contribution in [0.15, 0.2) is 72.8 Å². The molecule has 1 heterocycles. The molecule has 2 aromatic carbocycles. The monoisotopic (exact) mass is 508 g/mol. The van der Waals surface area contributed by atoms with Crippen LogP contribution >= 0.6 is 0 Å². The lowest BCUT2D eigenvalue weighted by molar-refractivity contribution is -0.155. The Bertz CT molecular complexity index is 1090. The van der Waals surface area contributed by atoms with Crippen molar-refractivity contribution in [3.05, 3.63) is 83.9 Å². The van der Waals surface area contributed by atoms with Crippen LogP contribution in [0.3, 0.4) is 0 Å². The third-order valence-corrected chi connectivity index (χ3v) is 6.15. The van der Waals surface area contributed by atoms with E-state index in [9.17, 15) is 24.3 Å². The fourth-order valence-corrected chi connectivity index (χ4v) is 4.05. The molecule has 2 aromatic rings. The second-order valence-electron chi connectivity index (χ2n) is 8.75. The van der Waals surface area contributed by atoms with E-state index in [-0.39, 0.29) is 13.0 Å². The molecule has 196 valence electrons. The third-order valence-electron chi connectivity index (χ3n) is 6.15. The molecular formula is C28H32N2O7. The summed E-state index contributed by atoms with van der Waals surface area (Å²) in [6.07, 6.45) is 4.21. The minimum absolute atomic E-state index is 0.0333. The first-order valence-electron chi connectivity index (χ1n) is 12.1. The summed E-state index contributed by atoms with van der Waals surface area (Å²) in [7, 11) is 1.16. The standard InChI is InChI=1S/C28H32N2O7/c1-36-28(35)24-18-37-27(34)21(16-19-10-4-2-5-11-19)14-8-9-15-22(26(33)30-24)25(32)29-23(17-31)20-12-6-3-7-13-20/h2-13,21-24,31H,14-18H2,1H3,(H,29,32)(H,30,33)/t21?,22?,23-,24?/m0/s1. The van der Waals surface area contributed by atoms with Crippen LogP contribution in [-0.2, 0) is 35.1 Å². The summed E-state index contributed by atoms with van der Waals surface area (Å²) < 4.78 is 10.2. The van der Waals surface area contributed by atoms with Crippen LogP contribution in [0.4, 0.5) is 0 Å². The molecule has 9 nitrogen and oxygen atoms in total. The summed E-state index contributed by atoms with van der Waals surface area (Å²) in [5.41, 5.74) is 1.64. The maximum atomic E-state index is 13.2. The molecule has 0 aliphatic carbocycles. The lowest BCUT2D eigenvalue weighted by Crippen LogP contribution is -2.50. The molecule has 1 aliphatic heterocycles. The van der Waals surface area contributed by atoms with Crippen molar-refractivity contribution in [1.29, 1.82) is 0 Å². The number of aliphatic hydroxyl groups excluding tert-OH is 1. The van der Waals surface area contributed by atoms with E-state index in [1.807, 2.05) is 36.4 Å². The SMILES string of the molecule is COC(=O)C1COC(=O)C(Cc2ccccc2)CC=CCC(C(=O)N[C@@H](CO)c2ccccc2)C(=O)N1. The summed E-state index contributed by atoms with van der Waals surface area (Å²) in [5, 5.41) is 15.0. The number of carbonyl (C=O) groups excluding carboxylic acids is 4. The van der Waals surface area contributed by atoms with Crippen molar-refractivity contribution in [2.24, 2.45) is 11.8 Å². The van der Waals surface area contributed by atoms with Gasteiger partial charge in [-0.3, -0.25) is 14.4 Å². The highest BCUT2D eigenvalue weighted by atomic mass is 16.5. The number of hydrogen-bond acceptors (Lipinski definition) is 7. The minimum atomic E-state index is -1.28. The largest absolute Gasteiger partial charge is 0.467 e. The molecule has 9 heteroatoms. The third kappa shape index (κ3) is 8.01. The molecule has 3 unspecified atom stereocenters. The van der Waals surface area contributed by atoms with Gasteiger partial charge in [0.1, 0.15) is 12.5 Å². The molecule has 0 radical (unpaired) electrons. The zero-order chi connectivity index (χ0) is 26.6. The molecule has 3 rings (SSSR count). The fourth-order valence-electron chi connectivity index (χ4n) is 4.05. The number of esters is 2. The second kappa shape index (κ2) is 13.9. The van der Waals surface area contributed by atoms with Gasteiger partial charge in [-0.05, 0) is 30.4 Å². The van der Waals surface area contributed by atoms with Gasteiger partial charge in [-0.15, -0.1) is 0 Å². The van der Waals surface area contributed by atoms with Crippen LogP contribution in [0.25, 0.3) is 0 Å². The van der Waals surface area contributed by atoms with Crippen molar-refractivity contribution in [2.75, 3.05) is 20.3 Å². The van der Waals surface area contributed by atoms with Gasteiger partial charge >= 0.3 is 11.9 Å². The van der Waals surface area contributed by atoms with E-state index in [4.69, 9.17) is 9.47 Å². The lowest BCUT2D eigenvalue weighted by atomic mass is 9.94. The number of hydrogen-bond donors (Lipinski definition) is 3. The van der Waals surface area contributed by atoms with Crippen molar-refractivity contribution in [3.8, 4) is 0 Å². The van der Waals surface area contributed by atoms with E-state index in [0.717, 1.165) is 12.7 Å². The van der Waals surface area contributed by atoms with E-state index in [1.165, 1.54) is 0 Å². The van der Waals surface area contributed by atoms with E-state index in [0.29, 0.717) is 18.4 Å². The molecule has 0 bridgehead atoms. The molecule has 4 atom stereocenters. The van der Waals surface area contributed by atoms with Crippen molar-refractivity contribution < 1.29 is 33.8 Å². The van der Waals surface area contributed by atoms with Crippen LogP contribution < -0.4 is 10.6 Å². The van der Waals surface area contributed by atoms with Gasteiger partial charge in [0.25, 0.3) is 0 Å². The molecule has 37 heavy (non-hydrogen) atoms. The van der Waals surface area contributed by atoms with Gasteiger partial charge in [-0.25, -0.2) is 4.79 Å². The maximum absolute atomic E-state index is 13.2. The summed E-state index contributed by atoms with van der Waals surface area (Å²) >= 11 is 0. The van der Waals surface area contributed by atoms with E-state index in [2.05, 4.69) is 10.6 Å².